The molecule has 1 N–H and O–H groups in total. The number of ether oxygens (including phenoxy) is 1. The molecule has 1 heterocycles. The van der Waals surface area contributed by atoms with E-state index in [4.69, 9.17) is 9.84 Å². The molecule has 1 fully saturated rings. The Morgan fingerprint density at radius 2 is 2.05 bits per heavy atom. The lowest BCUT2D eigenvalue weighted by atomic mass is 10.1. The number of halogens is 1. The van der Waals surface area contributed by atoms with Gasteiger partial charge < -0.3 is 9.84 Å². The molecule has 1 saturated heterocycles. The average Bonchev–Trinajstić information content (AvgIpc) is 2.47. The molecule has 2 rings (SSSR count). The predicted octanol–water partition coefficient (Wildman–Crippen LogP) is 1.39. The Bertz CT molecular complexity index is 655. The molecular formula is C14H18FNO5S. The van der Waals surface area contributed by atoms with Crippen LogP contribution in [0.4, 0.5) is 4.39 Å². The zero-order valence-electron chi connectivity index (χ0n) is 12.2. The summed E-state index contributed by atoms with van der Waals surface area (Å²) in [6, 6.07) is 3.25. The Balaban J connectivity index is 2.43. The number of rotatable bonds is 5. The summed E-state index contributed by atoms with van der Waals surface area (Å²) in [5, 5.41) is 9.02. The molecule has 0 spiro atoms. The van der Waals surface area contributed by atoms with Crippen LogP contribution in [-0.2, 0) is 19.6 Å². The van der Waals surface area contributed by atoms with Gasteiger partial charge in [-0.1, -0.05) is 6.07 Å². The van der Waals surface area contributed by atoms with Gasteiger partial charge in [-0.05, 0) is 37.5 Å². The number of hydrogen-bond donors (Lipinski definition) is 1. The highest BCUT2D eigenvalue weighted by atomic mass is 32.2. The van der Waals surface area contributed by atoms with Gasteiger partial charge in [0.1, 0.15) is 17.3 Å². The minimum Gasteiger partial charge on any atom is -0.480 e. The SMILES string of the molecule is Cc1ccc(F)c(S(=O)(=O)N(CC(=O)O)C2CCOCC2)c1. The average molecular weight is 331 g/mol. The molecule has 8 heteroatoms. The van der Waals surface area contributed by atoms with Crippen molar-refractivity contribution in [3.05, 3.63) is 29.6 Å². The lowest BCUT2D eigenvalue weighted by Gasteiger charge is -2.32. The number of aliphatic carboxylic acids is 1. The van der Waals surface area contributed by atoms with Crippen LogP contribution in [0.2, 0.25) is 0 Å². The molecule has 0 atom stereocenters. The van der Waals surface area contributed by atoms with Gasteiger partial charge in [-0.15, -0.1) is 0 Å². The Morgan fingerprint density at radius 3 is 2.64 bits per heavy atom. The van der Waals surface area contributed by atoms with Gasteiger partial charge in [0.15, 0.2) is 0 Å². The monoisotopic (exact) mass is 331 g/mol. The summed E-state index contributed by atoms with van der Waals surface area (Å²) in [6.07, 6.45) is 0.778. The second kappa shape index (κ2) is 6.72. The van der Waals surface area contributed by atoms with E-state index in [9.17, 15) is 17.6 Å². The van der Waals surface area contributed by atoms with Gasteiger partial charge in [0.25, 0.3) is 0 Å². The van der Waals surface area contributed by atoms with Crippen molar-refractivity contribution in [3.8, 4) is 0 Å². The maximum Gasteiger partial charge on any atom is 0.318 e. The smallest absolute Gasteiger partial charge is 0.318 e. The van der Waals surface area contributed by atoms with E-state index in [1.807, 2.05) is 0 Å². The summed E-state index contributed by atoms with van der Waals surface area (Å²) in [5.74, 6) is -2.16. The number of aryl methyl sites for hydroxylation is 1. The topological polar surface area (TPSA) is 83.9 Å². The lowest BCUT2D eigenvalue weighted by molar-refractivity contribution is -0.137. The minimum absolute atomic E-state index is 0.354. The number of hydrogen-bond acceptors (Lipinski definition) is 4. The molecule has 1 aliphatic rings. The van der Waals surface area contributed by atoms with E-state index in [0.29, 0.717) is 31.6 Å². The van der Waals surface area contributed by atoms with Crippen LogP contribution >= 0.6 is 0 Å². The first-order valence-electron chi connectivity index (χ1n) is 6.90. The first-order valence-corrected chi connectivity index (χ1v) is 8.34. The second-order valence-corrected chi connectivity index (χ2v) is 7.08. The zero-order chi connectivity index (χ0) is 16.3. The van der Waals surface area contributed by atoms with Crippen LogP contribution in [0.1, 0.15) is 18.4 Å². The van der Waals surface area contributed by atoms with Crippen LogP contribution in [0, 0.1) is 12.7 Å². The van der Waals surface area contributed by atoms with Gasteiger partial charge in [0.05, 0.1) is 0 Å². The number of carboxylic acid groups (broad SMARTS) is 1. The summed E-state index contributed by atoms with van der Waals surface area (Å²) in [6.45, 7) is 1.66. The summed E-state index contributed by atoms with van der Waals surface area (Å²) in [4.78, 5) is 10.6. The molecule has 122 valence electrons. The van der Waals surface area contributed by atoms with Crippen LogP contribution < -0.4 is 0 Å². The lowest BCUT2D eigenvalue weighted by Crippen LogP contribution is -2.46. The number of nitrogens with zero attached hydrogens (tertiary/aromatic N) is 1. The summed E-state index contributed by atoms with van der Waals surface area (Å²) < 4.78 is 45.4. The largest absolute Gasteiger partial charge is 0.480 e. The fraction of sp³-hybridized carbons (Fsp3) is 0.500. The molecule has 6 nitrogen and oxygen atoms in total. The molecule has 1 aromatic rings. The summed E-state index contributed by atoms with van der Waals surface area (Å²) in [5.41, 5.74) is 0.585. The highest BCUT2D eigenvalue weighted by Gasteiger charge is 2.35. The number of carboxylic acids is 1. The van der Waals surface area contributed by atoms with E-state index in [0.717, 1.165) is 10.4 Å². The summed E-state index contributed by atoms with van der Waals surface area (Å²) in [7, 11) is -4.23. The third-order valence-corrected chi connectivity index (χ3v) is 5.48. The Kier molecular flexibility index (Phi) is 5.15. The first kappa shape index (κ1) is 16.9. The normalized spacial score (nSPS) is 16.9. The zero-order valence-corrected chi connectivity index (χ0v) is 13.0. The third-order valence-electron chi connectivity index (χ3n) is 3.56. The van der Waals surface area contributed by atoms with E-state index >= 15 is 0 Å². The fourth-order valence-corrected chi connectivity index (χ4v) is 4.24. The maximum atomic E-state index is 14.0. The molecule has 1 aromatic carbocycles. The minimum atomic E-state index is -4.23. The molecule has 0 aromatic heterocycles. The maximum absolute atomic E-state index is 14.0. The Morgan fingerprint density at radius 1 is 1.41 bits per heavy atom. The van der Waals surface area contributed by atoms with Gasteiger partial charge in [0.2, 0.25) is 10.0 Å². The third kappa shape index (κ3) is 3.63. The van der Waals surface area contributed by atoms with Crippen LogP contribution in [0.5, 0.6) is 0 Å². The molecular weight excluding hydrogens is 313 g/mol. The van der Waals surface area contributed by atoms with Crippen molar-refractivity contribution in [1.82, 2.24) is 4.31 Å². The van der Waals surface area contributed by atoms with Crippen molar-refractivity contribution in [2.75, 3.05) is 19.8 Å². The van der Waals surface area contributed by atoms with Crippen LogP contribution in [0.25, 0.3) is 0 Å². The van der Waals surface area contributed by atoms with E-state index in [1.54, 1.807) is 6.92 Å². The van der Waals surface area contributed by atoms with Crippen LogP contribution in [-0.4, -0.2) is 49.6 Å². The van der Waals surface area contributed by atoms with Gasteiger partial charge in [-0.2, -0.15) is 4.31 Å². The van der Waals surface area contributed by atoms with Gasteiger partial charge in [-0.25, -0.2) is 12.8 Å². The fourth-order valence-electron chi connectivity index (χ4n) is 2.45. The molecule has 0 unspecified atom stereocenters. The molecule has 0 aliphatic carbocycles. The molecule has 0 saturated carbocycles. The van der Waals surface area contributed by atoms with E-state index in [2.05, 4.69) is 0 Å². The van der Waals surface area contributed by atoms with Crippen molar-refractivity contribution in [3.63, 3.8) is 0 Å². The number of sulfonamides is 1. The second-order valence-electron chi connectivity index (χ2n) is 5.22. The Labute approximate surface area is 128 Å². The first-order chi connectivity index (χ1) is 10.3. The molecule has 0 bridgehead atoms. The van der Waals surface area contributed by atoms with Crippen LogP contribution in [0.3, 0.4) is 0 Å². The molecule has 0 amide bonds. The molecule has 0 radical (unpaired) electrons. The van der Waals surface area contributed by atoms with Gasteiger partial charge >= 0.3 is 5.97 Å². The highest BCUT2D eigenvalue weighted by Crippen LogP contribution is 2.26. The quantitative estimate of drug-likeness (QED) is 0.881. The van der Waals surface area contributed by atoms with Crippen molar-refractivity contribution >= 4 is 16.0 Å². The van der Waals surface area contributed by atoms with Crippen molar-refractivity contribution in [1.29, 1.82) is 0 Å². The van der Waals surface area contributed by atoms with Crippen molar-refractivity contribution in [2.45, 2.75) is 30.7 Å². The van der Waals surface area contributed by atoms with E-state index < -0.39 is 39.3 Å². The standard InChI is InChI=1S/C14H18FNO5S/c1-10-2-3-12(15)13(8-10)22(19,20)16(9-14(17)18)11-4-6-21-7-5-11/h2-3,8,11H,4-7,9H2,1H3,(H,17,18). The van der Waals surface area contributed by atoms with Crippen LogP contribution in [0.15, 0.2) is 23.1 Å². The highest BCUT2D eigenvalue weighted by molar-refractivity contribution is 7.89. The number of carbonyl (C=O) groups is 1. The van der Waals surface area contributed by atoms with Gasteiger partial charge in [0, 0.05) is 19.3 Å². The molecule has 1 aliphatic heterocycles. The van der Waals surface area contributed by atoms with E-state index in [-0.39, 0.29) is 0 Å². The predicted molar refractivity (Wildman–Crippen MR) is 76.5 cm³/mol. The van der Waals surface area contributed by atoms with Gasteiger partial charge in [-0.3, -0.25) is 4.79 Å². The Hall–Kier alpha value is -1.51. The summed E-state index contributed by atoms with van der Waals surface area (Å²) >= 11 is 0. The van der Waals surface area contributed by atoms with Crippen molar-refractivity contribution < 1.29 is 27.4 Å². The molecule has 22 heavy (non-hydrogen) atoms. The van der Waals surface area contributed by atoms with Crippen molar-refractivity contribution in [2.24, 2.45) is 0 Å². The number of benzene rings is 1. The van der Waals surface area contributed by atoms with E-state index in [1.165, 1.54) is 12.1 Å².